The Bertz CT molecular complexity index is 409. The van der Waals surface area contributed by atoms with E-state index < -0.39 is 25.0 Å². The Morgan fingerprint density at radius 2 is 2.05 bits per heavy atom. The van der Waals surface area contributed by atoms with Crippen LogP contribution in [0.15, 0.2) is 12.3 Å². The van der Waals surface area contributed by atoms with Gasteiger partial charge in [0.2, 0.25) is 0 Å². The van der Waals surface area contributed by atoms with Gasteiger partial charge in [0.15, 0.2) is 0 Å². The maximum absolute atomic E-state index is 12.6. The van der Waals surface area contributed by atoms with Gasteiger partial charge in [-0.15, -0.1) is 0 Å². The van der Waals surface area contributed by atoms with E-state index in [2.05, 4.69) is 9.84 Å². The number of rotatable bonds is 8. The molecular formula is C12H19F4N3O. The first-order chi connectivity index (χ1) is 9.22. The van der Waals surface area contributed by atoms with E-state index in [0.29, 0.717) is 12.1 Å². The largest absolute Gasteiger partial charge is 0.373 e. The number of halogens is 4. The highest BCUT2D eigenvalue weighted by molar-refractivity contribution is 5.01. The molecule has 20 heavy (non-hydrogen) atoms. The Balaban J connectivity index is 2.34. The second kappa shape index (κ2) is 7.03. The maximum Gasteiger partial charge on any atom is 0.330 e. The third kappa shape index (κ3) is 5.09. The van der Waals surface area contributed by atoms with Crippen LogP contribution in [0, 0.1) is 0 Å². The van der Waals surface area contributed by atoms with Crippen LogP contribution >= 0.6 is 0 Å². The monoisotopic (exact) mass is 297 g/mol. The molecule has 0 aliphatic heterocycles. The number of hydrogen-bond acceptors (Lipinski definition) is 3. The summed E-state index contributed by atoms with van der Waals surface area (Å²) in [5, 5.41) is 4.25. The van der Waals surface area contributed by atoms with Crippen LogP contribution in [0.2, 0.25) is 0 Å². The molecule has 0 aliphatic rings. The maximum atomic E-state index is 12.6. The van der Waals surface area contributed by atoms with Crippen LogP contribution in [0.4, 0.5) is 17.6 Å². The molecule has 4 nitrogen and oxygen atoms in total. The van der Waals surface area contributed by atoms with E-state index in [1.165, 1.54) is 0 Å². The van der Waals surface area contributed by atoms with Gasteiger partial charge in [0, 0.05) is 24.7 Å². The van der Waals surface area contributed by atoms with E-state index in [9.17, 15) is 17.6 Å². The van der Waals surface area contributed by atoms with Crippen molar-refractivity contribution in [2.75, 3.05) is 13.2 Å². The van der Waals surface area contributed by atoms with Crippen molar-refractivity contribution < 1.29 is 22.3 Å². The summed E-state index contributed by atoms with van der Waals surface area (Å²) < 4.78 is 55.2. The SMILES string of the molecule is CC(C)n1ccc(CC(N)COCC(F)(F)C(F)F)n1. The summed E-state index contributed by atoms with van der Waals surface area (Å²) in [4.78, 5) is 0. The van der Waals surface area contributed by atoms with Gasteiger partial charge in [-0.3, -0.25) is 4.68 Å². The predicted molar refractivity (Wildman–Crippen MR) is 66.1 cm³/mol. The molecule has 0 aliphatic carbocycles. The molecule has 0 amide bonds. The summed E-state index contributed by atoms with van der Waals surface area (Å²) >= 11 is 0. The van der Waals surface area contributed by atoms with Crippen molar-refractivity contribution >= 4 is 0 Å². The van der Waals surface area contributed by atoms with Gasteiger partial charge in [0.25, 0.3) is 0 Å². The third-order valence-corrected chi connectivity index (χ3v) is 2.61. The van der Waals surface area contributed by atoms with Crippen molar-refractivity contribution in [3.05, 3.63) is 18.0 Å². The van der Waals surface area contributed by atoms with Crippen LogP contribution in [-0.4, -0.2) is 41.4 Å². The Labute approximate surface area is 114 Å². The molecule has 1 heterocycles. The molecule has 116 valence electrons. The number of nitrogens with two attached hydrogens (primary N) is 1. The molecule has 0 bridgehead atoms. The molecule has 0 fully saturated rings. The number of ether oxygens (including phenoxy) is 1. The van der Waals surface area contributed by atoms with E-state index in [1.54, 1.807) is 16.9 Å². The highest BCUT2D eigenvalue weighted by Gasteiger charge is 2.41. The minimum absolute atomic E-state index is 0.209. The first-order valence-electron chi connectivity index (χ1n) is 6.25. The molecule has 1 unspecified atom stereocenters. The lowest BCUT2D eigenvalue weighted by Gasteiger charge is -2.17. The van der Waals surface area contributed by atoms with Gasteiger partial charge < -0.3 is 10.5 Å². The minimum atomic E-state index is -4.14. The topological polar surface area (TPSA) is 53.1 Å². The Morgan fingerprint density at radius 1 is 1.40 bits per heavy atom. The lowest BCUT2D eigenvalue weighted by molar-refractivity contribution is -0.166. The first kappa shape index (κ1) is 16.9. The lowest BCUT2D eigenvalue weighted by Crippen LogP contribution is -2.36. The Hall–Kier alpha value is -1.15. The highest BCUT2D eigenvalue weighted by atomic mass is 19.3. The molecule has 1 aromatic rings. The van der Waals surface area contributed by atoms with Crippen molar-refractivity contribution in [2.24, 2.45) is 5.73 Å². The number of aromatic nitrogens is 2. The normalized spacial score (nSPS) is 14.2. The highest BCUT2D eigenvalue weighted by Crippen LogP contribution is 2.22. The third-order valence-electron chi connectivity index (χ3n) is 2.61. The Kier molecular flexibility index (Phi) is 5.94. The van der Waals surface area contributed by atoms with Crippen LogP contribution < -0.4 is 5.73 Å². The summed E-state index contributed by atoms with van der Waals surface area (Å²) in [5.74, 6) is -4.14. The van der Waals surface area contributed by atoms with E-state index in [4.69, 9.17) is 5.73 Å². The first-order valence-corrected chi connectivity index (χ1v) is 6.25. The summed E-state index contributed by atoms with van der Waals surface area (Å²) in [6, 6.07) is 1.41. The van der Waals surface area contributed by atoms with Gasteiger partial charge in [0.1, 0.15) is 6.61 Å². The van der Waals surface area contributed by atoms with Crippen molar-refractivity contribution in [3.63, 3.8) is 0 Å². The fourth-order valence-electron chi connectivity index (χ4n) is 1.51. The Morgan fingerprint density at radius 3 is 2.55 bits per heavy atom. The lowest BCUT2D eigenvalue weighted by atomic mass is 10.2. The summed E-state index contributed by atoms with van der Waals surface area (Å²) in [6.07, 6.45) is -1.61. The van der Waals surface area contributed by atoms with E-state index in [-0.39, 0.29) is 12.6 Å². The van der Waals surface area contributed by atoms with Crippen molar-refractivity contribution in [1.29, 1.82) is 0 Å². The zero-order chi connectivity index (χ0) is 15.3. The zero-order valence-electron chi connectivity index (χ0n) is 11.4. The van der Waals surface area contributed by atoms with Gasteiger partial charge in [-0.1, -0.05) is 0 Å². The zero-order valence-corrected chi connectivity index (χ0v) is 11.4. The van der Waals surface area contributed by atoms with Crippen LogP contribution in [0.3, 0.4) is 0 Å². The fourth-order valence-corrected chi connectivity index (χ4v) is 1.51. The number of nitrogens with zero attached hydrogens (tertiary/aromatic N) is 2. The predicted octanol–water partition coefficient (Wildman–Crippen LogP) is 2.25. The summed E-state index contributed by atoms with van der Waals surface area (Å²) in [5.41, 5.74) is 6.39. The van der Waals surface area contributed by atoms with E-state index in [0.717, 1.165) is 0 Å². The van der Waals surface area contributed by atoms with E-state index >= 15 is 0 Å². The molecular weight excluding hydrogens is 278 g/mol. The molecule has 0 saturated heterocycles. The fraction of sp³-hybridized carbons (Fsp3) is 0.750. The summed E-state index contributed by atoms with van der Waals surface area (Å²) in [7, 11) is 0. The smallest absolute Gasteiger partial charge is 0.330 e. The van der Waals surface area contributed by atoms with Gasteiger partial charge in [0.05, 0.1) is 12.3 Å². The van der Waals surface area contributed by atoms with Gasteiger partial charge in [-0.25, -0.2) is 8.78 Å². The number of hydrogen-bond donors (Lipinski definition) is 1. The summed E-state index contributed by atoms with van der Waals surface area (Å²) in [6.45, 7) is 2.37. The molecule has 0 aromatic carbocycles. The van der Waals surface area contributed by atoms with Gasteiger partial charge in [-0.2, -0.15) is 13.9 Å². The van der Waals surface area contributed by atoms with Crippen molar-refractivity contribution in [1.82, 2.24) is 9.78 Å². The minimum Gasteiger partial charge on any atom is -0.373 e. The molecule has 1 rings (SSSR count). The van der Waals surface area contributed by atoms with Crippen molar-refractivity contribution in [3.8, 4) is 0 Å². The molecule has 2 N–H and O–H groups in total. The molecule has 8 heteroatoms. The van der Waals surface area contributed by atoms with Crippen LogP contribution in [0.25, 0.3) is 0 Å². The van der Waals surface area contributed by atoms with Crippen LogP contribution in [0.1, 0.15) is 25.6 Å². The second-order valence-corrected chi connectivity index (χ2v) is 4.92. The average Bonchev–Trinajstić information content (AvgIpc) is 2.77. The molecule has 1 atom stereocenters. The number of alkyl halides is 4. The van der Waals surface area contributed by atoms with Crippen LogP contribution in [-0.2, 0) is 11.2 Å². The van der Waals surface area contributed by atoms with E-state index in [1.807, 2.05) is 13.8 Å². The van der Waals surface area contributed by atoms with Gasteiger partial charge in [-0.05, 0) is 19.9 Å². The van der Waals surface area contributed by atoms with Crippen LogP contribution in [0.5, 0.6) is 0 Å². The molecule has 1 aromatic heterocycles. The quantitative estimate of drug-likeness (QED) is 0.749. The molecule has 0 radical (unpaired) electrons. The van der Waals surface area contributed by atoms with Crippen molar-refractivity contribution in [2.45, 2.75) is 44.7 Å². The molecule has 0 saturated carbocycles. The van der Waals surface area contributed by atoms with Gasteiger partial charge >= 0.3 is 12.3 Å². The average molecular weight is 297 g/mol. The molecule has 0 spiro atoms. The second-order valence-electron chi connectivity index (χ2n) is 4.92. The standard InChI is InChI=1S/C12H19F4N3O/c1-8(2)19-4-3-10(18-19)5-9(17)6-20-7-12(15,16)11(13)14/h3-4,8-9,11H,5-7,17H2,1-2H3.